The first-order chi connectivity index (χ1) is 8.60. The van der Waals surface area contributed by atoms with E-state index in [-0.39, 0.29) is 0 Å². The summed E-state index contributed by atoms with van der Waals surface area (Å²) in [7, 11) is 0. The average molecular weight is 366 g/mol. The van der Waals surface area contributed by atoms with E-state index in [0.717, 1.165) is 21.6 Å². The van der Waals surface area contributed by atoms with Crippen molar-refractivity contribution in [2.24, 2.45) is 0 Å². The van der Waals surface area contributed by atoms with Gasteiger partial charge in [-0.15, -0.1) is 11.3 Å². The van der Waals surface area contributed by atoms with Gasteiger partial charge in [-0.05, 0) is 18.6 Å². The van der Waals surface area contributed by atoms with Gasteiger partial charge < -0.3 is 5.32 Å². The lowest BCUT2D eigenvalue weighted by atomic mass is 10.3. The van der Waals surface area contributed by atoms with Gasteiger partial charge in [-0.2, -0.15) is 0 Å². The molecule has 0 aliphatic rings. The molecule has 0 saturated heterocycles. The molecule has 0 amide bonds. The van der Waals surface area contributed by atoms with Crippen molar-refractivity contribution in [3.63, 3.8) is 0 Å². The number of nitrogens with one attached hydrogen (secondary N) is 1. The molecular formula is C12H11BrCl2N2S. The second kappa shape index (κ2) is 6.24. The molecule has 0 aliphatic carbocycles. The van der Waals surface area contributed by atoms with Gasteiger partial charge in [-0.25, -0.2) is 4.98 Å². The first-order valence-electron chi connectivity index (χ1n) is 5.42. The minimum Gasteiger partial charge on any atom is -0.378 e. The lowest BCUT2D eigenvalue weighted by Crippen LogP contribution is -1.99. The van der Waals surface area contributed by atoms with E-state index in [1.165, 1.54) is 4.88 Å². The number of thiazole rings is 1. The Morgan fingerprint density at radius 2 is 2.00 bits per heavy atom. The number of halogens is 3. The van der Waals surface area contributed by atoms with Crippen LogP contribution in [0.1, 0.15) is 16.8 Å². The van der Waals surface area contributed by atoms with Gasteiger partial charge >= 0.3 is 0 Å². The van der Waals surface area contributed by atoms with E-state index in [2.05, 4.69) is 33.2 Å². The molecule has 0 spiro atoms. The van der Waals surface area contributed by atoms with Crippen molar-refractivity contribution in [1.29, 1.82) is 0 Å². The van der Waals surface area contributed by atoms with Crippen LogP contribution in [0.3, 0.4) is 0 Å². The number of benzene rings is 1. The van der Waals surface area contributed by atoms with Gasteiger partial charge in [0.1, 0.15) is 0 Å². The number of hydrogen-bond donors (Lipinski definition) is 1. The van der Waals surface area contributed by atoms with Crippen LogP contribution >= 0.6 is 50.5 Å². The van der Waals surface area contributed by atoms with E-state index in [1.807, 2.05) is 18.3 Å². The highest BCUT2D eigenvalue weighted by atomic mass is 79.9. The van der Waals surface area contributed by atoms with Gasteiger partial charge in [0.15, 0.2) is 0 Å². The summed E-state index contributed by atoms with van der Waals surface area (Å²) in [4.78, 5) is 5.48. The summed E-state index contributed by atoms with van der Waals surface area (Å²) < 4.78 is 0.870. The first-order valence-corrected chi connectivity index (χ1v) is 7.78. The Labute approximate surface area is 128 Å². The molecule has 0 atom stereocenters. The predicted molar refractivity (Wildman–Crippen MR) is 83.0 cm³/mol. The molecule has 0 aliphatic heterocycles. The summed E-state index contributed by atoms with van der Waals surface area (Å²) in [5, 5.41) is 5.60. The summed E-state index contributed by atoms with van der Waals surface area (Å²) in [5.74, 6) is 0. The topological polar surface area (TPSA) is 24.9 Å². The molecule has 1 N–H and O–H groups in total. The lowest BCUT2D eigenvalue weighted by molar-refractivity contribution is 1.09. The van der Waals surface area contributed by atoms with E-state index in [4.69, 9.17) is 23.2 Å². The van der Waals surface area contributed by atoms with Gasteiger partial charge in [0, 0.05) is 15.5 Å². The van der Waals surface area contributed by atoms with Gasteiger partial charge in [-0.3, -0.25) is 0 Å². The van der Waals surface area contributed by atoms with Crippen molar-refractivity contribution in [3.8, 4) is 0 Å². The van der Waals surface area contributed by atoms with Crippen LogP contribution in [0.5, 0.6) is 0 Å². The molecule has 1 aromatic carbocycles. The van der Waals surface area contributed by atoms with Crippen LogP contribution in [0.4, 0.5) is 5.69 Å². The fraction of sp³-hybridized carbons (Fsp3) is 0.250. The number of aryl methyl sites for hydroxylation is 1. The number of hydrogen-bond acceptors (Lipinski definition) is 3. The van der Waals surface area contributed by atoms with Crippen molar-refractivity contribution in [2.45, 2.75) is 19.9 Å². The molecule has 96 valence electrons. The summed E-state index contributed by atoms with van der Waals surface area (Å²) in [6, 6.07) is 3.64. The van der Waals surface area contributed by atoms with Crippen LogP contribution in [-0.4, -0.2) is 4.98 Å². The molecule has 0 saturated carbocycles. The van der Waals surface area contributed by atoms with E-state index < -0.39 is 0 Å². The molecular weight excluding hydrogens is 355 g/mol. The molecule has 2 rings (SSSR count). The highest BCUT2D eigenvalue weighted by molar-refractivity contribution is 9.10. The van der Waals surface area contributed by atoms with E-state index in [0.29, 0.717) is 16.6 Å². The van der Waals surface area contributed by atoms with E-state index in [1.54, 1.807) is 11.3 Å². The third-order valence-electron chi connectivity index (χ3n) is 2.35. The Morgan fingerprint density at radius 1 is 1.33 bits per heavy atom. The summed E-state index contributed by atoms with van der Waals surface area (Å²) >= 11 is 17.3. The average Bonchev–Trinajstić information content (AvgIpc) is 2.75. The predicted octanol–water partition coefficient (Wildman–Crippen LogP) is 5.39. The third kappa shape index (κ3) is 3.38. The zero-order chi connectivity index (χ0) is 13.1. The minimum absolute atomic E-state index is 0.606. The van der Waals surface area contributed by atoms with Crippen LogP contribution in [0.2, 0.25) is 10.0 Å². The van der Waals surface area contributed by atoms with Crippen LogP contribution in [-0.2, 0) is 13.0 Å². The molecule has 0 radical (unpaired) electrons. The van der Waals surface area contributed by atoms with Crippen molar-refractivity contribution >= 4 is 56.2 Å². The van der Waals surface area contributed by atoms with Gasteiger partial charge in [-0.1, -0.05) is 46.1 Å². The van der Waals surface area contributed by atoms with Gasteiger partial charge in [0.2, 0.25) is 0 Å². The van der Waals surface area contributed by atoms with Crippen molar-refractivity contribution in [2.75, 3.05) is 5.32 Å². The molecule has 2 aromatic rings. The largest absolute Gasteiger partial charge is 0.378 e. The Hall–Kier alpha value is -0.290. The van der Waals surface area contributed by atoms with Crippen molar-refractivity contribution in [3.05, 3.63) is 42.7 Å². The quantitative estimate of drug-likeness (QED) is 0.785. The fourth-order valence-corrected chi connectivity index (χ4v) is 3.62. The van der Waals surface area contributed by atoms with E-state index >= 15 is 0 Å². The van der Waals surface area contributed by atoms with Crippen LogP contribution in [0, 0.1) is 0 Å². The van der Waals surface area contributed by atoms with Crippen molar-refractivity contribution in [1.82, 2.24) is 4.98 Å². The summed E-state index contributed by atoms with van der Waals surface area (Å²) in [5.41, 5.74) is 0.757. The molecule has 1 aromatic heterocycles. The number of anilines is 1. The zero-order valence-corrected chi connectivity index (χ0v) is 13.5. The van der Waals surface area contributed by atoms with Crippen LogP contribution in [0.15, 0.2) is 22.8 Å². The SMILES string of the molecule is CCc1ncc(CNc2c(Cl)cc(Br)cc2Cl)s1. The van der Waals surface area contributed by atoms with Crippen LogP contribution < -0.4 is 5.32 Å². The highest BCUT2D eigenvalue weighted by Crippen LogP contribution is 2.34. The molecule has 6 heteroatoms. The van der Waals surface area contributed by atoms with Gasteiger partial charge in [0.05, 0.1) is 27.3 Å². The molecule has 2 nitrogen and oxygen atoms in total. The Morgan fingerprint density at radius 3 is 2.56 bits per heavy atom. The zero-order valence-electron chi connectivity index (χ0n) is 9.64. The second-order valence-corrected chi connectivity index (χ2v) is 6.60. The standard InChI is InChI=1S/C12H11BrCl2N2S/c1-2-11-16-5-8(18-11)6-17-12-9(14)3-7(13)4-10(12)15/h3-5,17H,2,6H2,1H3. The Balaban J connectivity index is 2.10. The maximum atomic E-state index is 6.14. The van der Waals surface area contributed by atoms with Crippen molar-refractivity contribution < 1.29 is 0 Å². The normalized spacial score (nSPS) is 10.7. The third-order valence-corrected chi connectivity index (χ3v) is 4.55. The molecule has 18 heavy (non-hydrogen) atoms. The molecule has 0 unspecified atom stereocenters. The second-order valence-electron chi connectivity index (χ2n) is 3.67. The summed E-state index contributed by atoms with van der Waals surface area (Å²) in [6.07, 6.45) is 2.85. The maximum absolute atomic E-state index is 6.14. The Bertz CT molecular complexity index is 534. The van der Waals surface area contributed by atoms with E-state index in [9.17, 15) is 0 Å². The monoisotopic (exact) mass is 364 g/mol. The molecule has 0 fully saturated rings. The van der Waals surface area contributed by atoms with Crippen LogP contribution in [0.25, 0.3) is 0 Å². The summed E-state index contributed by atoms with van der Waals surface area (Å²) in [6.45, 7) is 2.78. The first kappa shape index (κ1) is 14.1. The molecule has 0 bridgehead atoms. The number of rotatable bonds is 4. The van der Waals surface area contributed by atoms with Gasteiger partial charge in [0.25, 0.3) is 0 Å². The lowest BCUT2D eigenvalue weighted by Gasteiger charge is -2.09. The minimum atomic E-state index is 0.606. The highest BCUT2D eigenvalue weighted by Gasteiger charge is 2.08. The molecule has 1 heterocycles. The smallest absolute Gasteiger partial charge is 0.0925 e. The maximum Gasteiger partial charge on any atom is 0.0925 e. The number of nitrogens with zero attached hydrogens (tertiary/aromatic N) is 1. The number of aromatic nitrogens is 1. The fourth-order valence-electron chi connectivity index (χ4n) is 1.48. The Kier molecular flexibility index (Phi) is 4.90.